The molecule has 1 aromatic heterocycles. The van der Waals surface area contributed by atoms with E-state index in [0.717, 1.165) is 5.56 Å². The van der Waals surface area contributed by atoms with Crippen LogP contribution in [-0.4, -0.2) is 20.7 Å². The van der Waals surface area contributed by atoms with Gasteiger partial charge in [0.15, 0.2) is 0 Å². The highest BCUT2D eigenvalue weighted by molar-refractivity contribution is 7.98. The molecule has 6 nitrogen and oxygen atoms in total. The van der Waals surface area contributed by atoms with Crippen LogP contribution in [0.3, 0.4) is 0 Å². The zero-order chi connectivity index (χ0) is 25.2. The van der Waals surface area contributed by atoms with Gasteiger partial charge in [-0.3, -0.25) is 4.79 Å². The molecule has 1 aliphatic heterocycles. The summed E-state index contributed by atoms with van der Waals surface area (Å²) in [5.41, 5.74) is 3.42. The van der Waals surface area contributed by atoms with E-state index in [1.54, 1.807) is 41.1 Å². The van der Waals surface area contributed by atoms with Gasteiger partial charge >= 0.3 is 0 Å². The van der Waals surface area contributed by atoms with Gasteiger partial charge in [0.2, 0.25) is 11.1 Å². The Kier molecular flexibility index (Phi) is 7.00. The maximum absolute atomic E-state index is 13.7. The Hall–Kier alpha value is -3.33. The van der Waals surface area contributed by atoms with Gasteiger partial charge in [-0.1, -0.05) is 59.2 Å². The first-order chi connectivity index (χ1) is 17.4. The van der Waals surface area contributed by atoms with Gasteiger partial charge in [-0.15, -0.1) is 5.10 Å². The second kappa shape index (κ2) is 10.3. The van der Waals surface area contributed by atoms with Crippen LogP contribution >= 0.6 is 35.0 Å². The van der Waals surface area contributed by atoms with Gasteiger partial charge in [0.25, 0.3) is 5.91 Å². The number of thioether (sulfide) groups is 1. The van der Waals surface area contributed by atoms with Crippen molar-refractivity contribution in [2.75, 3.05) is 10.6 Å². The van der Waals surface area contributed by atoms with Crippen LogP contribution in [0.2, 0.25) is 10.0 Å². The number of carbonyl (C=O) groups is 1. The summed E-state index contributed by atoms with van der Waals surface area (Å²) in [7, 11) is 0. The lowest BCUT2D eigenvalue weighted by Gasteiger charge is -2.28. The fourth-order valence-electron chi connectivity index (χ4n) is 3.95. The monoisotopic (exact) mass is 539 g/mol. The number of hydrogen-bond donors (Lipinski definition) is 2. The lowest BCUT2D eigenvalue weighted by atomic mass is 9.95. The average molecular weight is 540 g/mol. The Bertz CT molecular complexity index is 1450. The van der Waals surface area contributed by atoms with Crippen LogP contribution in [0.1, 0.15) is 24.1 Å². The van der Waals surface area contributed by atoms with E-state index in [9.17, 15) is 9.18 Å². The van der Waals surface area contributed by atoms with Gasteiger partial charge in [0.05, 0.1) is 5.57 Å². The number of amides is 1. The van der Waals surface area contributed by atoms with Crippen molar-refractivity contribution in [1.29, 1.82) is 0 Å². The van der Waals surface area contributed by atoms with Crippen molar-refractivity contribution in [3.05, 3.63) is 111 Å². The molecule has 0 spiro atoms. The Labute approximate surface area is 221 Å². The molecular formula is C26H20Cl2FN5OS. The smallest absolute Gasteiger partial charge is 0.255 e. The van der Waals surface area contributed by atoms with Crippen molar-refractivity contribution in [2.24, 2.45) is 0 Å². The van der Waals surface area contributed by atoms with Crippen LogP contribution in [0.15, 0.2) is 89.2 Å². The molecule has 0 fully saturated rings. The largest absolute Gasteiger partial charge is 0.328 e. The maximum atomic E-state index is 13.7. The molecule has 1 aliphatic rings. The fourth-order valence-corrected chi connectivity index (χ4v) is 5.06. The van der Waals surface area contributed by atoms with E-state index in [1.807, 2.05) is 31.2 Å². The van der Waals surface area contributed by atoms with Crippen molar-refractivity contribution < 1.29 is 9.18 Å². The minimum Gasteiger partial charge on any atom is -0.328 e. The first kappa shape index (κ1) is 24.4. The van der Waals surface area contributed by atoms with Gasteiger partial charge in [-0.25, -0.2) is 9.07 Å². The van der Waals surface area contributed by atoms with Gasteiger partial charge < -0.3 is 10.6 Å². The van der Waals surface area contributed by atoms with Crippen LogP contribution in [0.4, 0.5) is 16.0 Å². The number of halogens is 3. The maximum Gasteiger partial charge on any atom is 0.255 e. The van der Waals surface area contributed by atoms with E-state index in [1.165, 1.54) is 23.9 Å². The third kappa shape index (κ3) is 5.26. The van der Waals surface area contributed by atoms with Crippen LogP contribution in [0.25, 0.3) is 0 Å². The molecule has 182 valence electrons. The number of allylic oxidation sites excluding steroid dienone is 1. The normalized spacial score (nSPS) is 14.8. The summed E-state index contributed by atoms with van der Waals surface area (Å²) in [6, 6.07) is 19.9. The van der Waals surface area contributed by atoms with Crippen molar-refractivity contribution in [2.45, 2.75) is 23.9 Å². The molecule has 2 N–H and O–H groups in total. The molecule has 1 amide bonds. The van der Waals surface area contributed by atoms with E-state index in [-0.39, 0.29) is 11.7 Å². The molecule has 0 saturated heterocycles. The summed E-state index contributed by atoms with van der Waals surface area (Å²) >= 11 is 13.5. The molecule has 0 aliphatic carbocycles. The molecule has 0 bridgehead atoms. The number of rotatable bonds is 6. The molecule has 1 atom stereocenters. The third-order valence-corrected chi connectivity index (χ3v) is 7.02. The Morgan fingerprint density at radius 1 is 1.08 bits per heavy atom. The molecule has 36 heavy (non-hydrogen) atoms. The minimum atomic E-state index is -0.609. The molecule has 5 rings (SSSR count). The number of benzene rings is 3. The molecule has 0 radical (unpaired) electrons. The van der Waals surface area contributed by atoms with Crippen LogP contribution in [0, 0.1) is 5.82 Å². The lowest BCUT2D eigenvalue weighted by molar-refractivity contribution is -0.113. The van der Waals surface area contributed by atoms with Crippen LogP contribution < -0.4 is 10.6 Å². The van der Waals surface area contributed by atoms with Gasteiger partial charge in [0.1, 0.15) is 11.9 Å². The zero-order valence-electron chi connectivity index (χ0n) is 19.0. The number of anilines is 2. The summed E-state index contributed by atoms with van der Waals surface area (Å²) < 4.78 is 15.4. The minimum absolute atomic E-state index is 0.314. The standard InChI is InChI=1S/C26H20Cl2FN5OS/c1-15-22(24(35)31-21-11-7-18(27)8-12-21)23(17-5-9-20(29)10-6-17)34-25(30-15)32-26(33-34)36-14-16-3-2-4-19(28)13-16/h2-13,23H,14H2,1H3,(H,31,35)(H,30,32,33)/t23-/m0/s1. The summed E-state index contributed by atoms with van der Waals surface area (Å²) in [6.07, 6.45) is 0. The highest BCUT2D eigenvalue weighted by Gasteiger charge is 2.34. The quantitative estimate of drug-likeness (QED) is 0.259. The second-order valence-electron chi connectivity index (χ2n) is 8.16. The summed E-state index contributed by atoms with van der Waals surface area (Å²) in [4.78, 5) is 18.1. The topological polar surface area (TPSA) is 71.8 Å². The number of fused-ring (bicyclic) bond motifs is 1. The van der Waals surface area contributed by atoms with E-state index >= 15 is 0 Å². The van der Waals surface area contributed by atoms with E-state index < -0.39 is 6.04 Å². The fraction of sp³-hybridized carbons (Fsp3) is 0.115. The number of nitrogens with one attached hydrogen (secondary N) is 2. The van der Waals surface area contributed by atoms with Crippen LogP contribution in [0.5, 0.6) is 0 Å². The second-order valence-corrected chi connectivity index (χ2v) is 9.98. The predicted molar refractivity (Wildman–Crippen MR) is 142 cm³/mol. The first-order valence-electron chi connectivity index (χ1n) is 11.0. The molecule has 4 aromatic rings. The predicted octanol–water partition coefficient (Wildman–Crippen LogP) is 6.94. The van der Waals surface area contributed by atoms with Gasteiger partial charge in [0, 0.05) is 27.2 Å². The first-order valence-corrected chi connectivity index (χ1v) is 12.8. The van der Waals surface area contributed by atoms with E-state index in [0.29, 0.717) is 49.4 Å². The lowest BCUT2D eigenvalue weighted by Crippen LogP contribution is -2.31. The molecular weight excluding hydrogens is 520 g/mol. The van der Waals surface area contributed by atoms with Crippen LogP contribution in [-0.2, 0) is 10.5 Å². The third-order valence-electron chi connectivity index (χ3n) is 5.62. The van der Waals surface area contributed by atoms with Crippen molar-refractivity contribution >= 4 is 52.5 Å². The molecule has 0 unspecified atom stereocenters. The number of carbonyl (C=O) groups excluding carboxylic acids is 1. The molecule has 3 aromatic carbocycles. The summed E-state index contributed by atoms with van der Waals surface area (Å²) in [5, 5.41) is 12.6. The van der Waals surface area contributed by atoms with E-state index in [2.05, 4.69) is 15.6 Å². The Morgan fingerprint density at radius 3 is 2.56 bits per heavy atom. The number of nitrogens with zero attached hydrogens (tertiary/aromatic N) is 3. The summed E-state index contributed by atoms with van der Waals surface area (Å²) in [6.45, 7) is 1.81. The zero-order valence-corrected chi connectivity index (χ0v) is 21.3. The average Bonchev–Trinajstić information content (AvgIpc) is 3.26. The molecule has 10 heteroatoms. The van der Waals surface area contributed by atoms with Crippen molar-refractivity contribution in [3.63, 3.8) is 0 Å². The molecule has 0 saturated carbocycles. The van der Waals surface area contributed by atoms with Crippen molar-refractivity contribution in [1.82, 2.24) is 14.8 Å². The highest BCUT2D eigenvalue weighted by Crippen LogP contribution is 2.37. The number of hydrogen-bond acceptors (Lipinski definition) is 5. The van der Waals surface area contributed by atoms with Gasteiger partial charge in [-0.05, 0) is 66.6 Å². The molecule has 2 heterocycles. The number of aromatic nitrogens is 3. The van der Waals surface area contributed by atoms with Crippen molar-refractivity contribution in [3.8, 4) is 0 Å². The van der Waals surface area contributed by atoms with Gasteiger partial charge in [-0.2, -0.15) is 4.98 Å². The SMILES string of the molecule is CC1=C(C(=O)Nc2ccc(Cl)cc2)[C@H](c2ccc(F)cc2)n2nc(SCc3cccc(Cl)c3)nc2N1. The Balaban J connectivity index is 1.48. The summed E-state index contributed by atoms with van der Waals surface area (Å²) in [5.74, 6) is 0.447. The Morgan fingerprint density at radius 2 is 1.83 bits per heavy atom. The highest BCUT2D eigenvalue weighted by atomic mass is 35.5. The van der Waals surface area contributed by atoms with E-state index in [4.69, 9.17) is 28.3 Å².